The molecule has 0 atom stereocenters. The molecular weight excluding hydrogens is 276 g/mol. The van der Waals surface area contributed by atoms with Crippen molar-refractivity contribution in [3.63, 3.8) is 0 Å². The van der Waals surface area contributed by atoms with Crippen LogP contribution in [-0.2, 0) is 8.85 Å². The summed E-state index contributed by atoms with van der Waals surface area (Å²) in [6.07, 6.45) is 9.38. The Balaban J connectivity index is 2.45. The first-order chi connectivity index (χ1) is 9.94. The largest absolute Gasteiger partial charge is 0.393 e. The summed E-state index contributed by atoms with van der Waals surface area (Å²) >= 11 is 0. The van der Waals surface area contributed by atoms with Crippen molar-refractivity contribution in [2.45, 2.75) is 52.6 Å². The van der Waals surface area contributed by atoms with Crippen molar-refractivity contribution < 1.29 is 8.85 Å². The average molecular weight is 305 g/mol. The summed E-state index contributed by atoms with van der Waals surface area (Å²) < 4.78 is 12.7. The smallest absolute Gasteiger partial charge is 0.360 e. The Hall–Kier alpha value is -0.903. The van der Waals surface area contributed by atoms with Gasteiger partial charge in [-0.15, -0.1) is 0 Å². The molecule has 0 fully saturated rings. The van der Waals surface area contributed by atoms with Gasteiger partial charge in [0.15, 0.2) is 0 Å². The maximum Gasteiger partial charge on any atom is 0.360 e. The van der Waals surface area contributed by atoms with Crippen LogP contribution in [0, 0.1) is 0 Å². The molecule has 0 aromatic rings. The van der Waals surface area contributed by atoms with Crippen molar-refractivity contribution >= 4 is 8.56 Å². The van der Waals surface area contributed by atoms with Crippen LogP contribution in [0.2, 0.25) is 11.1 Å². The van der Waals surface area contributed by atoms with Gasteiger partial charge >= 0.3 is 8.56 Å². The van der Waals surface area contributed by atoms with E-state index in [1.165, 1.54) is 22.3 Å². The van der Waals surface area contributed by atoms with Gasteiger partial charge in [-0.2, -0.15) is 0 Å². The van der Waals surface area contributed by atoms with E-state index < -0.39 is 8.56 Å². The van der Waals surface area contributed by atoms with Crippen LogP contribution in [0.1, 0.15) is 41.5 Å². The summed E-state index contributed by atoms with van der Waals surface area (Å²) in [4.78, 5) is 0. The van der Waals surface area contributed by atoms with Crippen LogP contribution in [-0.4, -0.2) is 21.8 Å². The van der Waals surface area contributed by atoms with Crippen molar-refractivity contribution in [2.24, 2.45) is 0 Å². The summed E-state index contributed by atoms with van der Waals surface area (Å²) in [7, 11) is -2.40. The molecule has 3 heteroatoms. The minimum Gasteiger partial charge on any atom is -0.393 e. The third kappa shape index (κ3) is 3.01. The van der Waals surface area contributed by atoms with E-state index in [0.717, 1.165) is 0 Å². The maximum atomic E-state index is 6.37. The summed E-state index contributed by atoms with van der Waals surface area (Å²) in [5, 5.41) is 0. The third-order valence-electron chi connectivity index (χ3n) is 4.63. The first-order valence-corrected chi connectivity index (χ1v) is 9.94. The summed E-state index contributed by atoms with van der Waals surface area (Å²) in [6, 6.07) is 0. The molecule has 116 valence electrons. The quantitative estimate of drug-likeness (QED) is 0.639. The van der Waals surface area contributed by atoms with E-state index in [1.807, 2.05) is 0 Å². The Bertz CT molecular complexity index is 441. The topological polar surface area (TPSA) is 18.5 Å². The zero-order valence-corrected chi connectivity index (χ0v) is 15.2. The van der Waals surface area contributed by atoms with Crippen molar-refractivity contribution in [1.29, 1.82) is 0 Å². The Kier molecular flexibility index (Phi) is 5.07. The van der Waals surface area contributed by atoms with Gasteiger partial charge in [-0.25, -0.2) is 0 Å². The first-order valence-electron chi connectivity index (χ1n) is 7.97. The van der Waals surface area contributed by atoms with E-state index in [9.17, 15) is 0 Å². The molecule has 0 aromatic heterocycles. The number of hydrogen-bond donors (Lipinski definition) is 0. The van der Waals surface area contributed by atoms with Crippen LogP contribution in [0.3, 0.4) is 0 Å². The van der Waals surface area contributed by atoms with Gasteiger partial charge in [0, 0.05) is 24.3 Å². The van der Waals surface area contributed by atoms with Crippen molar-refractivity contribution in [1.82, 2.24) is 0 Å². The van der Waals surface area contributed by atoms with Crippen LogP contribution in [0.25, 0.3) is 0 Å². The molecule has 0 spiro atoms. The molecule has 2 aliphatic rings. The SMILES string of the molecule is CCO[Si](OCC)(C1C=C(C)C(C)=C1)C1C=C(C)C(C)=C1. The van der Waals surface area contributed by atoms with Crippen LogP contribution in [0.4, 0.5) is 0 Å². The fourth-order valence-corrected chi connectivity index (χ4v) is 7.39. The van der Waals surface area contributed by atoms with E-state index in [-0.39, 0.29) is 0 Å². The maximum absolute atomic E-state index is 6.37. The van der Waals surface area contributed by atoms with Gasteiger partial charge in [-0.3, -0.25) is 0 Å². The highest BCUT2D eigenvalue weighted by Crippen LogP contribution is 2.46. The highest BCUT2D eigenvalue weighted by atomic mass is 28.4. The molecule has 0 aliphatic heterocycles. The molecule has 0 N–H and O–H groups in total. The van der Waals surface area contributed by atoms with Crippen molar-refractivity contribution in [2.75, 3.05) is 13.2 Å². The lowest BCUT2D eigenvalue weighted by molar-refractivity contribution is 0.178. The highest BCUT2D eigenvalue weighted by Gasteiger charge is 2.51. The lowest BCUT2D eigenvalue weighted by Gasteiger charge is -2.37. The standard InChI is InChI=1S/C18H28O2Si/c1-7-19-21(20-8-2,17-9-13(3)14(4)10-17)18-11-15(5)16(6)12-18/h9-12,17-18H,7-8H2,1-6H3. The Morgan fingerprint density at radius 3 is 1.24 bits per heavy atom. The number of allylic oxidation sites excluding steroid dienone is 8. The van der Waals surface area contributed by atoms with Crippen LogP contribution in [0.15, 0.2) is 46.6 Å². The highest BCUT2D eigenvalue weighted by molar-refractivity contribution is 6.73. The average Bonchev–Trinajstić information content (AvgIpc) is 2.94. The van der Waals surface area contributed by atoms with E-state index in [2.05, 4.69) is 65.8 Å². The zero-order valence-electron chi connectivity index (χ0n) is 14.2. The van der Waals surface area contributed by atoms with Gasteiger partial charge < -0.3 is 8.85 Å². The molecular formula is C18H28O2Si. The fourth-order valence-electron chi connectivity index (χ4n) is 3.26. The van der Waals surface area contributed by atoms with E-state index >= 15 is 0 Å². The van der Waals surface area contributed by atoms with Crippen LogP contribution >= 0.6 is 0 Å². The second kappa shape index (κ2) is 6.47. The van der Waals surface area contributed by atoms with Gasteiger partial charge in [0.1, 0.15) is 0 Å². The molecule has 2 nitrogen and oxygen atoms in total. The minimum absolute atomic E-state index is 0.300. The first kappa shape index (κ1) is 16.5. The summed E-state index contributed by atoms with van der Waals surface area (Å²) in [6.45, 7) is 14.3. The Morgan fingerprint density at radius 2 is 1.00 bits per heavy atom. The van der Waals surface area contributed by atoms with Gasteiger partial charge in [-0.05, 0) is 41.5 Å². The van der Waals surface area contributed by atoms with E-state index in [0.29, 0.717) is 24.3 Å². The predicted octanol–water partition coefficient (Wildman–Crippen LogP) is 5.05. The van der Waals surface area contributed by atoms with E-state index in [4.69, 9.17) is 8.85 Å². The number of hydrogen-bond acceptors (Lipinski definition) is 2. The predicted molar refractivity (Wildman–Crippen MR) is 91.5 cm³/mol. The normalized spacial score (nSPS) is 20.5. The minimum atomic E-state index is -2.40. The van der Waals surface area contributed by atoms with Gasteiger partial charge in [-0.1, -0.05) is 46.6 Å². The van der Waals surface area contributed by atoms with Crippen LogP contribution < -0.4 is 0 Å². The fraction of sp³-hybridized carbons (Fsp3) is 0.556. The molecule has 21 heavy (non-hydrogen) atoms. The molecule has 0 bridgehead atoms. The zero-order chi connectivity index (χ0) is 15.6. The lowest BCUT2D eigenvalue weighted by Crippen LogP contribution is -2.49. The monoisotopic (exact) mass is 304 g/mol. The molecule has 0 unspecified atom stereocenters. The van der Waals surface area contributed by atoms with Crippen molar-refractivity contribution in [3.05, 3.63) is 46.6 Å². The Labute approximate surface area is 130 Å². The van der Waals surface area contributed by atoms with Crippen LogP contribution in [0.5, 0.6) is 0 Å². The molecule has 2 rings (SSSR count). The molecule has 2 aliphatic carbocycles. The summed E-state index contributed by atoms with van der Waals surface area (Å²) in [5.74, 6) is 0. The molecule has 0 saturated heterocycles. The van der Waals surface area contributed by atoms with Gasteiger partial charge in [0.25, 0.3) is 0 Å². The van der Waals surface area contributed by atoms with Gasteiger partial charge in [0.05, 0.1) is 0 Å². The second-order valence-electron chi connectivity index (χ2n) is 6.04. The number of rotatable bonds is 6. The molecule has 0 amide bonds. The molecule has 0 aromatic carbocycles. The third-order valence-corrected chi connectivity index (χ3v) is 8.64. The molecule has 0 heterocycles. The van der Waals surface area contributed by atoms with Crippen molar-refractivity contribution in [3.8, 4) is 0 Å². The Morgan fingerprint density at radius 1 is 0.714 bits per heavy atom. The van der Waals surface area contributed by atoms with E-state index in [1.54, 1.807) is 0 Å². The summed E-state index contributed by atoms with van der Waals surface area (Å²) in [5.41, 5.74) is 6.03. The van der Waals surface area contributed by atoms with Gasteiger partial charge in [0.2, 0.25) is 0 Å². The molecule has 0 saturated carbocycles. The second-order valence-corrected chi connectivity index (χ2v) is 9.39. The molecule has 0 radical (unpaired) electrons. The lowest BCUT2D eigenvalue weighted by atomic mass is 10.2.